The lowest BCUT2D eigenvalue weighted by Crippen LogP contribution is -2.36. The maximum atomic E-state index is 12.5. The quantitative estimate of drug-likeness (QED) is 0.695. The lowest BCUT2D eigenvalue weighted by atomic mass is 9.85. The SMILES string of the molecule is CCc1ccc(S(=O)(=O)NCC(C)(C)c2c[nH]c3ccccc23)s1. The van der Waals surface area contributed by atoms with Crippen molar-refractivity contribution in [2.24, 2.45) is 0 Å². The van der Waals surface area contributed by atoms with E-state index >= 15 is 0 Å². The maximum absolute atomic E-state index is 12.5. The van der Waals surface area contributed by atoms with Crippen molar-refractivity contribution in [1.82, 2.24) is 9.71 Å². The van der Waals surface area contributed by atoms with Crippen LogP contribution in [0.2, 0.25) is 0 Å². The number of aryl methyl sites for hydroxylation is 1. The summed E-state index contributed by atoms with van der Waals surface area (Å²) in [6, 6.07) is 11.6. The Morgan fingerprint density at radius 1 is 1.17 bits per heavy atom. The van der Waals surface area contributed by atoms with E-state index < -0.39 is 10.0 Å². The minimum absolute atomic E-state index is 0.322. The highest BCUT2D eigenvalue weighted by Crippen LogP contribution is 2.30. The van der Waals surface area contributed by atoms with E-state index in [1.807, 2.05) is 37.4 Å². The number of hydrogen-bond acceptors (Lipinski definition) is 3. The van der Waals surface area contributed by atoms with Gasteiger partial charge >= 0.3 is 0 Å². The van der Waals surface area contributed by atoms with Gasteiger partial charge in [0.25, 0.3) is 0 Å². The zero-order valence-electron chi connectivity index (χ0n) is 14.1. The molecule has 0 bridgehead atoms. The number of sulfonamides is 1. The standard InChI is InChI=1S/C18H22N2O2S2/c1-4-13-9-10-17(23-13)24(21,22)20-12-18(2,3)15-11-19-16-8-6-5-7-14(15)16/h5-11,19-20H,4,12H2,1-3H3. The summed E-state index contributed by atoms with van der Waals surface area (Å²) in [5.41, 5.74) is 1.85. The summed E-state index contributed by atoms with van der Waals surface area (Å²) in [5.74, 6) is 0. The van der Waals surface area contributed by atoms with Crippen molar-refractivity contribution in [2.75, 3.05) is 6.54 Å². The first-order valence-electron chi connectivity index (χ1n) is 7.98. The van der Waals surface area contributed by atoms with Crippen LogP contribution in [-0.2, 0) is 21.9 Å². The lowest BCUT2D eigenvalue weighted by molar-refractivity contribution is 0.505. The van der Waals surface area contributed by atoms with Crippen LogP contribution in [0.15, 0.2) is 46.8 Å². The topological polar surface area (TPSA) is 62.0 Å². The number of rotatable bonds is 6. The highest BCUT2D eigenvalue weighted by Gasteiger charge is 2.27. The van der Waals surface area contributed by atoms with Gasteiger partial charge in [0, 0.05) is 33.9 Å². The Balaban J connectivity index is 1.82. The first-order valence-corrected chi connectivity index (χ1v) is 10.3. The smallest absolute Gasteiger partial charge is 0.250 e. The van der Waals surface area contributed by atoms with E-state index in [0.717, 1.165) is 27.8 Å². The van der Waals surface area contributed by atoms with Crippen molar-refractivity contribution in [3.05, 3.63) is 53.0 Å². The second-order valence-electron chi connectivity index (χ2n) is 6.53. The summed E-state index contributed by atoms with van der Waals surface area (Å²) in [4.78, 5) is 4.33. The number of benzene rings is 1. The average Bonchev–Trinajstić information content (AvgIpc) is 3.20. The number of para-hydroxylation sites is 1. The predicted molar refractivity (Wildman–Crippen MR) is 100 cm³/mol. The Bertz CT molecular complexity index is 952. The van der Waals surface area contributed by atoms with Crippen LogP contribution >= 0.6 is 11.3 Å². The molecular formula is C18H22N2O2S2. The average molecular weight is 363 g/mol. The van der Waals surface area contributed by atoms with Gasteiger partial charge in [-0.3, -0.25) is 0 Å². The Kier molecular flexibility index (Phi) is 4.55. The van der Waals surface area contributed by atoms with Gasteiger partial charge in [-0.25, -0.2) is 13.1 Å². The van der Waals surface area contributed by atoms with E-state index in [0.29, 0.717) is 10.8 Å². The third-order valence-electron chi connectivity index (χ3n) is 4.27. The molecule has 0 saturated heterocycles. The molecule has 0 aliphatic carbocycles. The molecule has 4 nitrogen and oxygen atoms in total. The number of aromatic nitrogens is 1. The molecule has 0 fully saturated rings. The van der Waals surface area contributed by atoms with Crippen molar-refractivity contribution in [1.29, 1.82) is 0 Å². The fourth-order valence-corrected chi connectivity index (χ4v) is 5.32. The van der Waals surface area contributed by atoms with Crippen LogP contribution in [-0.4, -0.2) is 19.9 Å². The third kappa shape index (κ3) is 3.27. The second kappa shape index (κ2) is 6.35. The first kappa shape index (κ1) is 17.2. The van der Waals surface area contributed by atoms with E-state index in [2.05, 4.69) is 29.6 Å². The van der Waals surface area contributed by atoms with E-state index in [1.54, 1.807) is 6.07 Å². The van der Waals surface area contributed by atoms with E-state index in [9.17, 15) is 8.42 Å². The summed E-state index contributed by atoms with van der Waals surface area (Å²) in [5, 5.41) is 1.13. The van der Waals surface area contributed by atoms with Crippen molar-refractivity contribution >= 4 is 32.3 Å². The monoisotopic (exact) mass is 362 g/mol. The number of thiophene rings is 1. The Hall–Kier alpha value is -1.63. The fraction of sp³-hybridized carbons (Fsp3) is 0.333. The molecule has 6 heteroatoms. The molecule has 2 N–H and O–H groups in total. The van der Waals surface area contributed by atoms with Crippen LogP contribution in [0.1, 0.15) is 31.2 Å². The second-order valence-corrected chi connectivity index (χ2v) is 9.69. The fourth-order valence-electron chi connectivity index (χ4n) is 2.77. The van der Waals surface area contributed by atoms with Crippen LogP contribution in [0.4, 0.5) is 0 Å². The molecule has 0 amide bonds. The number of hydrogen-bond donors (Lipinski definition) is 2. The van der Waals surface area contributed by atoms with Gasteiger partial charge in [-0.1, -0.05) is 39.0 Å². The summed E-state index contributed by atoms with van der Waals surface area (Å²) < 4.78 is 28.2. The van der Waals surface area contributed by atoms with Crippen molar-refractivity contribution in [3.8, 4) is 0 Å². The minimum Gasteiger partial charge on any atom is -0.361 e. The molecule has 0 saturated carbocycles. The van der Waals surface area contributed by atoms with Gasteiger partial charge in [0.2, 0.25) is 10.0 Å². The molecule has 24 heavy (non-hydrogen) atoms. The normalized spacial score (nSPS) is 12.8. The van der Waals surface area contributed by atoms with Crippen molar-refractivity contribution < 1.29 is 8.42 Å². The molecule has 0 unspecified atom stereocenters. The van der Waals surface area contributed by atoms with Crippen LogP contribution in [0.3, 0.4) is 0 Å². The Labute approximate surface area is 147 Å². The number of aromatic amines is 1. The summed E-state index contributed by atoms with van der Waals surface area (Å²) >= 11 is 1.33. The molecule has 0 radical (unpaired) electrons. The molecule has 3 rings (SSSR count). The molecule has 0 atom stereocenters. The highest BCUT2D eigenvalue weighted by atomic mass is 32.2. The van der Waals surface area contributed by atoms with Crippen LogP contribution in [0.25, 0.3) is 10.9 Å². The zero-order chi connectivity index (χ0) is 17.4. The molecule has 0 spiro atoms. The minimum atomic E-state index is -3.47. The number of fused-ring (bicyclic) bond motifs is 1. The van der Waals surface area contributed by atoms with Crippen LogP contribution < -0.4 is 4.72 Å². The van der Waals surface area contributed by atoms with E-state index in [4.69, 9.17) is 0 Å². The van der Waals surface area contributed by atoms with Crippen LogP contribution in [0, 0.1) is 0 Å². The van der Waals surface area contributed by atoms with Gasteiger partial charge < -0.3 is 4.98 Å². The molecule has 2 heterocycles. The summed E-state index contributed by atoms with van der Waals surface area (Å²) in [7, 11) is -3.47. The summed E-state index contributed by atoms with van der Waals surface area (Å²) in [6.45, 7) is 6.47. The number of nitrogens with one attached hydrogen (secondary N) is 2. The van der Waals surface area contributed by atoms with E-state index in [-0.39, 0.29) is 5.41 Å². The molecule has 0 aliphatic rings. The van der Waals surface area contributed by atoms with Crippen LogP contribution in [0.5, 0.6) is 0 Å². The molecule has 2 aromatic heterocycles. The van der Waals surface area contributed by atoms with Crippen molar-refractivity contribution in [3.63, 3.8) is 0 Å². The lowest BCUT2D eigenvalue weighted by Gasteiger charge is -2.24. The zero-order valence-corrected chi connectivity index (χ0v) is 15.7. The Morgan fingerprint density at radius 3 is 2.62 bits per heavy atom. The van der Waals surface area contributed by atoms with Gasteiger partial charge in [-0.15, -0.1) is 11.3 Å². The van der Waals surface area contributed by atoms with Gasteiger partial charge in [-0.05, 0) is 30.2 Å². The molecule has 1 aromatic carbocycles. The van der Waals surface area contributed by atoms with E-state index in [1.165, 1.54) is 11.3 Å². The number of H-pyrrole nitrogens is 1. The van der Waals surface area contributed by atoms with Gasteiger partial charge in [0.05, 0.1) is 0 Å². The van der Waals surface area contributed by atoms with Gasteiger partial charge in [-0.2, -0.15) is 0 Å². The third-order valence-corrected chi connectivity index (χ3v) is 7.40. The largest absolute Gasteiger partial charge is 0.361 e. The van der Waals surface area contributed by atoms with Crippen molar-refractivity contribution in [2.45, 2.75) is 36.8 Å². The van der Waals surface area contributed by atoms with Gasteiger partial charge in [0.1, 0.15) is 4.21 Å². The Morgan fingerprint density at radius 2 is 1.92 bits per heavy atom. The predicted octanol–water partition coefficient (Wildman–Crippen LogP) is 4.05. The van der Waals surface area contributed by atoms with Gasteiger partial charge in [0.15, 0.2) is 0 Å². The first-order chi connectivity index (χ1) is 11.3. The maximum Gasteiger partial charge on any atom is 0.250 e. The summed E-state index contributed by atoms with van der Waals surface area (Å²) in [6.07, 6.45) is 2.82. The molecule has 0 aliphatic heterocycles. The molecular weight excluding hydrogens is 340 g/mol. The molecule has 3 aromatic rings. The highest BCUT2D eigenvalue weighted by molar-refractivity contribution is 7.91. The molecule has 128 valence electrons.